The van der Waals surface area contributed by atoms with Crippen LogP contribution in [0.1, 0.15) is 35.9 Å². The van der Waals surface area contributed by atoms with Crippen molar-refractivity contribution in [1.82, 2.24) is 20.2 Å². The third-order valence-electron chi connectivity index (χ3n) is 6.09. The van der Waals surface area contributed by atoms with Gasteiger partial charge in [-0.3, -0.25) is 4.79 Å². The minimum absolute atomic E-state index is 0.0631. The number of anilines is 1. The smallest absolute Gasteiger partial charge is 0.248 e. The predicted molar refractivity (Wildman–Crippen MR) is 116 cm³/mol. The van der Waals surface area contributed by atoms with Crippen LogP contribution in [0.15, 0.2) is 53.7 Å². The number of nitrogens with one attached hydrogen (secondary N) is 1. The average molecular weight is 433 g/mol. The summed E-state index contributed by atoms with van der Waals surface area (Å²) in [5.41, 5.74) is 3.48. The first-order chi connectivity index (χ1) is 15.6. The maximum absolute atomic E-state index is 13.5. The fraction of sp³-hybridized carbons (Fsp3) is 0.304. The lowest BCUT2D eigenvalue weighted by molar-refractivity contribution is -0.116. The van der Waals surface area contributed by atoms with Crippen molar-refractivity contribution in [2.45, 2.75) is 24.8 Å². The number of ether oxygens (including phenoxy) is 3. The fourth-order valence-electron chi connectivity index (χ4n) is 4.52. The van der Waals surface area contributed by atoms with Crippen LogP contribution in [-0.4, -0.2) is 47.3 Å². The van der Waals surface area contributed by atoms with E-state index in [-0.39, 0.29) is 11.7 Å². The summed E-state index contributed by atoms with van der Waals surface area (Å²) in [6, 6.07) is 13.0. The number of hydrogen-bond donors (Lipinski definition) is 1. The molecule has 0 fully saturated rings. The number of ketones is 1. The Hall–Kier alpha value is -3.88. The minimum Gasteiger partial charge on any atom is -0.497 e. The molecule has 1 aliphatic heterocycles. The minimum atomic E-state index is -0.444. The van der Waals surface area contributed by atoms with Crippen LogP contribution in [0.4, 0.5) is 5.95 Å². The Morgan fingerprint density at radius 3 is 2.41 bits per heavy atom. The highest BCUT2D eigenvalue weighted by atomic mass is 16.5. The summed E-state index contributed by atoms with van der Waals surface area (Å²) in [5.74, 6) is 2.63. The second kappa shape index (κ2) is 7.99. The molecule has 0 bridgehead atoms. The number of aromatic nitrogens is 4. The number of fused-ring (bicyclic) bond motifs is 1. The van der Waals surface area contributed by atoms with Crippen LogP contribution >= 0.6 is 0 Å². The molecule has 0 saturated heterocycles. The Kier molecular flexibility index (Phi) is 5.01. The van der Waals surface area contributed by atoms with Crippen LogP contribution in [-0.2, 0) is 4.79 Å². The lowest BCUT2D eigenvalue weighted by Crippen LogP contribution is -2.33. The standard InChI is InChI=1S/C23H23N5O4/c1-30-16-7-4-13(5-8-16)15-10-17-21(18(29)11-15)22(28-23(24-17)25-26-27-28)14-6-9-19(31-2)20(12-14)32-3/h4-9,12,15,22H,10-11H2,1-3H3,(H,24,25,27)/t15-,22-/m0/s1. The molecule has 0 saturated carbocycles. The number of nitrogens with zero attached hydrogens (tertiary/aromatic N) is 4. The van der Waals surface area contributed by atoms with E-state index in [0.29, 0.717) is 35.9 Å². The van der Waals surface area contributed by atoms with Crippen molar-refractivity contribution >= 4 is 11.7 Å². The molecule has 0 unspecified atom stereocenters. The molecule has 32 heavy (non-hydrogen) atoms. The molecule has 0 amide bonds. The van der Waals surface area contributed by atoms with E-state index in [9.17, 15) is 4.79 Å². The first-order valence-corrected chi connectivity index (χ1v) is 10.3. The third kappa shape index (κ3) is 3.26. The molecule has 0 radical (unpaired) electrons. The Labute approximate surface area is 185 Å². The van der Waals surface area contributed by atoms with Crippen molar-refractivity contribution in [3.63, 3.8) is 0 Å². The van der Waals surface area contributed by atoms with Crippen molar-refractivity contribution in [2.24, 2.45) is 0 Å². The summed E-state index contributed by atoms with van der Waals surface area (Å²) in [4.78, 5) is 13.5. The zero-order valence-corrected chi connectivity index (χ0v) is 18.0. The normalized spacial score (nSPS) is 19.7. The monoisotopic (exact) mass is 433 g/mol. The number of benzene rings is 2. The summed E-state index contributed by atoms with van der Waals surface area (Å²) in [5, 5.41) is 15.4. The van der Waals surface area contributed by atoms with Gasteiger partial charge >= 0.3 is 0 Å². The Bertz CT molecular complexity index is 1200. The highest BCUT2D eigenvalue weighted by Gasteiger charge is 2.40. The number of tetrazole rings is 1. The number of Topliss-reactive ketones (excluding diaryl/α,β-unsaturated/α-hetero) is 1. The second-order valence-electron chi connectivity index (χ2n) is 7.78. The van der Waals surface area contributed by atoms with Gasteiger partial charge in [0.05, 0.1) is 21.3 Å². The van der Waals surface area contributed by atoms with Crippen LogP contribution in [0, 0.1) is 0 Å². The first kappa shape index (κ1) is 20.0. The number of carbonyl (C=O) groups is 1. The lowest BCUT2D eigenvalue weighted by atomic mass is 9.78. The SMILES string of the molecule is COc1ccc([C@@H]2CC(=O)C3=C(C2)Nc2nnnn2[C@H]3c2ccc(OC)c(OC)c2)cc1. The number of rotatable bonds is 5. The van der Waals surface area contributed by atoms with Crippen LogP contribution in [0.2, 0.25) is 0 Å². The van der Waals surface area contributed by atoms with Gasteiger partial charge in [0.1, 0.15) is 11.8 Å². The lowest BCUT2D eigenvalue weighted by Gasteiger charge is -2.34. The molecule has 164 valence electrons. The zero-order chi connectivity index (χ0) is 22.2. The van der Waals surface area contributed by atoms with Gasteiger partial charge in [-0.1, -0.05) is 23.3 Å². The molecule has 1 N–H and O–H groups in total. The van der Waals surface area contributed by atoms with Crippen molar-refractivity contribution in [3.05, 3.63) is 64.9 Å². The van der Waals surface area contributed by atoms with Gasteiger partial charge in [-0.25, -0.2) is 0 Å². The zero-order valence-electron chi connectivity index (χ0n) is 18.0. The number of methoxy groups -OCH3 is 3. The average Bonchev–Trinajstić information content (AvgIpc) is 3.30. The number of hydrogen-bond acceptors (Lipinski definition) is 8. The molecule has 9 heteroatoms. The van der Waals surface area contributed by atoms with Crippen molar-refractivity contribution in [3.8, 4) is 17.2 Å². The van der Waals surface area contributed by atoms with E-state index < -0.39 is 6.04 Å². The Morgan fingerprint density at radius 2 is 1.69 bits per heavy atom. The third-order valence-corrected chi connectivity index (χ3v) is 6.09. The summed E-state index contributed by atoms with van der Waals surface area (Å²) in [6.07, 6.45) is 1.10. The summed E-state index contributed by atoms with van der Waals surface area (Å²) >= 11 is 0. The van der Waals surface area contributed by atoms with Crippen molar-refractivity contribution in [1.29, 1.82) is 0 Å². The van der Waals surface area contributed by atoms with Gasteiger partial charge in [-0.2, -0.15) is 4.68 Å². The Balaban J connectivity index is 1.56. The number of carbonyl (C=O) groups excluding carboxylic acids is 1. The van der Waals surface area contributed by atoms with Gasteiger partial charge in [0, 0.05) is 17.7 Å². The van der Waals surface area contributed by atoms with E-state index in [1.165, 1.54) is 0 Å². The molecule has 2 heterocycles. The second-order valence-corrected chi connectivity index (χ2v) is 7.78. The van der Waals surface area contributed by atoms with Gasteiger partial charge in [0.15, 0.2) is 17.3 Å². The molecule has 2 atom stereocenters. The van der Waals surface area contributed by atoms with Gasteiger partial charge in [-0.05, 0) is 58.2 Å². The van der Waals surface area contributed by atoms with Crippen LogP contribution in [0.3, 0.4) is 0 Å². The molecule has 3 aromatic rings. The molecule has 2 aliphatic rings. The maximum atomic E-state index is 13.5. The quantitative estimate of drug-likeness (QED) is 0.655. The largest absolute Gasteiger partial charge is 0.497 e. The van der Waals surface area contributed by atoms with Crippen molar-refractivity contribution < 1.29 is 19.0 Å². The van der Waals surface area contributed by atoms with Gasteiger partial charge in [0.2, 0.25) is 5.95 Å². The molecule has 0 spiro atoms. The van der Waals surface area contributed by atoms with E-state index >= 15 is 0 Å². The molecular formula is C23H23N5O4. The van der Waals surface area contributed by atoms with E-state index in [2.05, 4.69) is 20.8 Å². The van der Waals surface area contributed by atoms with Crippen molar-refractivity contribution in [2.75, 3.05) is 26.6 Å². The first-order valence-electron chi connectivity index (χ1n) is 10.3. The summed E-state index contributed by atoms with van der Waals surface area (Å²) < 4.78 is 17.8. The molecule has 2 aromatic carbocycles. The molecule has 1 aromatic heterocycles. The number of allylic oxidation sites excluding steroid dienone is 2. The van der Waals surface area contributed by atoms with E-state index in [0.717, 1.165) is 22.6 Å². The van der Waals surface area contributed by atoms with Crippen LogP contribution in [0.25, 0.3) is 0 Å². The highest BCUT2D eigenvalue weighted by Crippen LogP contribution is 2.45. The van der Waals surface area contributed by atoms with Crippen LogP contribution in [0.5, 0.6) is 17.2 Å². The summed E-state index contributed by atoms with van der Waals surface area (Å²) in [7, 11) is 4.81. The van der Waals surface area contributed by atoms with Gasteiger partial charge in [0.25, 0.3) is 0 Å². The van der Waals surface area contributed by atoms with Gasteiger partial charge < -0.3 is 19.5 Å². The highest BCUT2D eigenvalue weighted by molar-refractivity contribution is 6.00. The predicted octanol–water partition coefficient (Wildman–Crippen LogP) is 3.11. The molecular weight excluding hydrogens is 410 g/mol. The maximum Gasteiger partial charge on any atom is 0.248 e. The topological polar surface area (TPSA) is 100 Å². The van der Waals surface area contributed by atoms with Crippen LogP contribution < -0.4 is 19.5 Å². The Morgan fingerprint density at radius 1 is 0.938 bits per heavy atom. The summed E-state index contributed by atoms with van der Waals surface area (Å²) in [6.45, 7) is 0. The van der Waals surface area contributed by atoms with E-state index in [4.69, 9.17) is 14.2 Å². The fourth-order valence-corrected chi connectivity index (χ4v) is 4.52. The van der Waals surface area contributed by atoms with E-state index in [1.807, 2.05) is 42.5 Å². The molecule has 9 nitrogen and oxygen atoms in total. The molecule has 5 rings (SSSR count). The van der Waals surface area contributed by atoms with E-state index in [1.54, 1.807) is 26.0 Å². The molecule has 1 aliphatic carbocycles. The van der Waals surface area contributed by atoms with Gasteiger partial charge in [-0.15, -0.1) is 0 Å².